The molecule has 0 bridgehead atoms. The van der Waals surface area contributed by atoms with E-state index in [-0.39, 0.29) is 27.9 Å². The van der Waals surface area contributed by atoms with E-state index in [4.69, 9.17) is 23.4 Å². The minimum absolute atomic E-state index is 0.133. The van der Waals surface area contributed by atoms with Gasteiger partial charge in [0.15, 0.2) is 0 Å². The number of rotatable bonds is 11. The Kier molecular flexibility index (Phi) is 7.08. The molecule has 5 nitrogen and oxygen atoms in total. The van der Waals surface area contributed by atoms with Gasteiger partial charge in [0.1, 0.15) is 17.3 Å². The van der Waals surface area contributed by atoms with Gasteiger partial charge in [-0.2, -0.15) is 0 Å². The zero-order chi connectivity index (χ0) is 50.0. The lowest BCUT2D eigenvalue weighted by Gasteiger charge is -2.16. The third-order valence-electron chi connectivity index (χ3n) is 10.8. The summed E-state index contributed by atoms with van der Waals surface area (Å²) in [5, 5.41) is 2.03. The number of hydrogen-bond acceptors (Lipinski definition) is 2. The first-order valence-electron chi connectivity index (χ1n) is 25.3. The Labute approximate surface area is 366 Å². The number of hydrogen-bond donors (Lipinski definition) is 0. The number of para-hydroxylation sites is 1. The van der Waals surface area contributed by atoms with Gasteiger partial charge < -0.3 is 4.74 Å². The fourth-order valence-corrected chi connectivity index (χ4v) is 7.93. The minimum atomic E-state index is -0.771. The summed E-state index contributed by atoms with van der Waals surface area (Å²) in [7, 11) is 0. The number of ether oxygens (including phenoxy) is 1. The molecule has 60 heavy (non-hydrogen) atoms. The Morgan fingerprint density at radius 2 is 1.37 bits per heavy atom. The van der Waals surface area contributed by atoms with E-state index >= 15 is 0 Å². The summed E-state index contributed by atoms with van der Waals surface area (Å²) in [4.78, 5) is 4.86. The van der Waals surface area contributed by atoms with E-state index in [0.29, 0.717) is 35.8 Å². The number of pyridine rings is 1. The third kappa shape index (κ3) is 6.94. The second-order valence-electron chi connectivity index (χ2n) is 14.3. The molecular weight excluding hydrogens is 733 g/mol. The van der Waals surface area contributed by atoms with Crippen molar-refractivity contribution in [2.45, 2.75) is 32.6 Å². The van der Waals surface area contributed by atoms with Crippen LogP contribution in [0.5, 0.6) is 11.5 Å². The average Bonchev–Trinajstić information content (AvgIpc) is 4.02. The monoisotopic (exact) mass is 787 g/mol. The summed E-state index contributed by atoms with van der Waals surface area (Å²) in [5.41, 5.74) is 5.70. The second kappa shape index (κ2) is 16.0. The maximum Gasteiger partial charge on any atom is 0.268 e. The van der Waals surface area contributed by atoms with Gasteiger partial charge in [0, 0.05) is 36.8 Å². The van der Waals surface area contributed by atoms with Crippen LogP contribution in [0.4, 0.5) is 0 Å². The van der Waals surface area contributed by atoms with Crippen molar-refractivity contribution in [3.8, 4) is 62.1 Å². The number of nitrogens with zero attached hydrogens (tertiary/aromatic N) is 4. The van der Waals surface area contributed by atoms with E-state index in [2.05, 4.69) is 41.2 Å². The Morgan fingerprint density at radius 3 is 2.10 bits per heavy atom. The lowest BCUT2D eigenvalue weighted by Crippen LogP contribution is -2.30. The van der Waals surface area contributed by atoms with Crippen LogP contribution in [0, 0.1) is 6.33 Å². The first-order chi connectivity index (χ1) is 34.1. The van der Waals surface area contributed by atoms with Gasteiger partial charge in [-0.25, -0.2) is 4.98 Å². The van der Waals surface area contributed by atoms with Gasteiger partial charge in [-0.15, -0.1) is 0 Å². The van der Waals surface area contributed by atoms with Gasteiger partial charge in [-0.1, -0.05) is 135 Å². The molecule has 0 radical (unpaired) electrons. The van der Waals surface area contributed by atoms with Gasteiger partial charge in [0.05, 0.1) is 36.1 Å². The van der Waals surface area contributed by atoms with Crippen LogP contribution in [0.25, 0.3) is 72.4 Å². The molecule has 0 aliphatic rings. The maximum absolute atomic E-state index is 9.25. The fourth-order valence-electron chi connectivity index (χ4n) is 7.93. The van der Waals surface area contributed by atoms with Crippen molar-refractivity contribution in [2.24, 2.45) is 0 Å². The number of imidazole rings is 1. The Hall–Kier alpha value is -7.50. The van der Waals surface area contributed by atoms with Crippen molar-refractivity contribution in [3.63, 3.8) is 0 Å². The number of benzene rings is 7. The largest absolute Gasteiger partial charge is 0.458 e. The molecule has 0 saturated heterocycles. The molecule has 290 valence electrons. The van der Waals surface area contributed by atoms with Crippen LogP contribution in [-0.2, 0) is 0 Å². The Bertz CT molecular complexity index is 3610. The molecule has 0 spiro atoms. The molecule has 0 aliphatic heterocycles. The average molecular weight is 788 g/mol. The SMILES string of the molecule is [2H]c1c([2H])c([2H])c(-c2cccc(-c3c([2H])c([2H])c([2H])c([2H])c3[2H])c2-[n+]2[c-]n(-c3cccc(Oc4ccc5c6cc(-c7ccccc7)ccc6n(-c6cc(C([2H])(CC)CC)ccn6)c5c4)c3)cc2)c([2H])c1[2H]. The molecule has 0 atom stereocenters. The van der Waals surface area contributed by atoms with Crippen molar-refractivity contribution in [1.82, 2.24) is 14.1 Å². The van der Waals surface area contributed by atoms with Crippen LogP contribution in [0.2, 0.25) is 0 Å². The summed E-state index contributed by atoms with van der Waals surface area (Å²) >= 11 is 0. The van der Waals surface area contributed by atoms with Crippen molar-refractivity contribution < 1.29 is 24.4 Å². The molecule has 0 unspecified atom stereocenters. The first-order valence-corrected chi connectivity index (χ1v) is 19.8. The van der Waals surface area contributed by atoms with E-state index in [9.17, 15) is 1.37 Å². The highest BCUT2D eigenvalue weighted by atomic mass is 16.5. The summed E-state index contributed by atoms with van der Waals surface area (Å²) < 4.78 is 107. The predicted octanol–water partition coefficient (Wildman–Crippen LogP) is 13.7. The van der Waals surface area contributed by atoms with E-state index in [1.807, 2.05) is 86.6 Å². The van der Waals surface area contributed by atoms with Crippen LogP contribution < -0.4 is 9.30 Å². The zero-order valence-electron chi connectivity index (χ0n) is 43.9. The highest BCUT2D eigenvalue weighted by molar-refractivity contribution is 6.10. The third-order valence-corrected chi connectivity index (χ3v) is 10.8. The van der Waals surface area contributed by atoms with Crippen LogP contribution in [0.15, 0.2) is 200 Å². The van der Waals surface area contributed by atoms with Crippen LogP contribution in [0.3, 0.4) is 0 Å². The molecule has 10 rings (SSSR count). The summed E-state index contributed by atoms with van der Waals surface area (Å²) in [6.07, 6.45) is 9.67. The number of fused-ring (bicyclic) bond motifs is 3. The van der Waals surface area contributed by atoms with Gasteiger partial charge in [-0.05, 0) is 112 Å². The zero-order valence-corrected chi connectivity index (χ0v) is 32.9. The Morgan fingerprint density at radius 1 is 0.650 bits per heavy atom. The topological polar surface area (TPSA) is 35.9 Å². The predicted molar refractivity (Wildman–Crippen MR) is 244 cm³/mol. The van der Waals surface area contributed by atoms with E-state index in [1.165, 1.54) is 4.57 Å². The molecule has 3 heterocycles. The van der Waals surface area contributed by atoms with Gasteiger partial charge in [0.25, 0.3) is 6.33 Å². The summed E-state index contributed by atoms with van der Waals surface area (Å²) in [6.45, 7) is 4.06. The van der Waals surface area contributed by atoms with E-state index in [1.54, 1.807) is 41.4 Å². The van der Waals surface area contributed by atoms with Crippen LogP contribution >= 0.6 is 0 Å². The lowest BCUT2D eigenvalue weighted by atomic mass is 9.95. The first kappa shape index (κ1) is 26.5. The summed E-state index contributed by atoms with van der Waals surface area (Å²) in [6, 6.07) is 33.3. The molecule has 0 fully saturated rings. The normalized spacial score (nSPS) is 14.2. The van der Waals surface area contributed by atoms with Gasteiger partial charge in [0.2, 0.25) is 0 Å². The van der Waals surface area contributed by atoms with Crippen molar-refractivity contribution in [2.75, 3.05) is 0 Å². The lowest BCUT2D eigenvalue weighted by molar-refractivity contribution is -0.598. The highest BCUT2D eigenvalue weighted by Crippen LogP contribution is 2.38. The molecule has 0 aliphatic carbocycles. The maximum atomic E-state index is 9.25. The Balaban J connectivity index is 1.08. The van der Waals surface area contributed by atoms with Gasteiger partial charge in [-0.3, -0.25) is 13.7 Å². The fraction of sp³-hybridized carbons (Fsp3) is 0.0909. The van der Waals surface area contributed by atoms with Crippen molar-refractivity contribution in [1.29, 1.82) is 0 Å². The molecule has 0 N–H and O–H groups in total. The quantitative estimate of drug-likeness (QED) is 0.0967. The van der Waals surface area contributed by atoms with Gasteiger partial charge >= 0.3 is 0 Å². The molecule has 0 amide bonds. The molecule has 10 aromatic rings. The van der Waals surface area contributed by atoms with E-state index in [0.717, 1.165) is 38.5 Å². The standard InChI is InChI=1S/C55H44N4O/c1-3-39(4-2)44-30-31-56-54(35-44)59-52-29-26-43(40-16-8-5-9-17-40)34-51(52)50-28-27-47(37-53(50)59)60-46-23-14-22-45(36-46)57-32-33-58(38-57)55-48(41-18-10-6-11-19-41)24-15-25-49(55)42-20-12-7-13-21-42/h5-37,39H,3-4H2,1-2H3/i6D,7D,10D,11D,12D,13D,18D,19D,20D,21D,39D. The van der Waals surface area contributed by atoms with Crippen LogP contribution in [0.1, 0.15) is 53.2 Å². The molecule has 0 saturated carbocycles. The summed E-state index contributed by atoms with van der Waals surface area (Å²) in [5.74, 6) is 0.964. The number of aromatic nitrogens is 4. The highest BCUT2D eigenvalue weighted by Gasteiger charge is 2.19. The molecule has 5 heteroatoms. The van der Waals surface area contributed by atoms with Crippen molar-refractivity contribution >= 4 is 21.8 Å². The molecular formula is C55H44N4O. The van der Waals surface area contributed by atoms with Crippen LogP contribution in [-0.4, -0.2) is 14.1 Å². The van der Waals surface area contributed by atoms with Crippen molar-refractivity contribution in [3.05, 3.63) is 212 Å². The second-order valence-corrected chi connectivity index (χ2v) is 14.3. The molecule has 7 aromatic carbocycles. The minimum Gasteiger partial charge on any atom is -0.458 e. The molecule has 3 aromatic heterocycles. The smallest absolute Gasteiger partial charge is 0.268 e. The van der Waals surface area contributed by atoms with E-state index < -0.39 is 66.3 Å².